The molecular formula is C6H14INO. The van der Waals surface area contributed by atoms with Crippen molar-refractivity contribution in [3.63, 3.8) is 0 Å². The predicted molar refractivity (Wildman–Crippen MR) is 47.6 cm³/mol. The standard InChI is InChI=1S/C6H14INO/c1-6(9)4-3-5-8(2)7/h6,9H,3-5H2,1-2H3. The summed E-state index contributed by atoms with van der Waals surface area (Å²) in [7, 11) is 2.03. The molecule has 3 heteroatoms. The zero-order chi connectivity index (χ0) is 7.28. The van der Waals surface area contributed by atoms with E-state index in [1.165, 1.54) is 0 Å². The molecule has 2 nitrogen and oxygen atoms in total. The Labute approximate surface area is 70.7 Å². The van der Waals surface area contributed by atoms with E-state index in [-0.39, 0.29) is 6.10 Å². The molecule has 0 saturated carbocycles. The first-order valence-electron chi connectivity index (χ1n) is 3.18. The largest absolute Gasteiger partial charge is 0.393 e. The fourth-order valence-electron chi connectivity index (χ4n) is 0.605. The Hall–Kier alpha value is 0.650. The van der Waals surface area contributed by atoms with E-state index in [9.17, 15) is 0 Å². The van der Waals surface area contributed by atoms with Crippen molar-refractivity contribution in [3.8, 4) is 0 Å². The molecule has 56 valence electrons. The Kier molecular flexibility index (Phi) is 5.83. The van der Waals surface area contributed by atoms with Crippen LogP contribution in [0.1, 0.15) is 19.8 Å². The quantitative estimate of drug-likeness (QED) is 0.596. The van der Waals surface area contributed by atoms with Crippen LogP contribution in [-0.4, -0.2) is 27.9 Å². The second kappa shape index (κ2) is 5.44. The van der Waals surface area contributed by atoms with E-state index < -0.39 is 0 Å². The number of hydrogen-bond acceptors (Lipinski definition) is 2. The van der Waals surface area contributed by atoms with E-state index in [0.717, 1.165) is 19.4 Å². The summed E-state index contributed by atoms with van der Waals surface area (Å²) in [6.45, 7) is 2.89. The van der Waals surface area contributed by atoms with Crippen molar-refractivity contribution in [2.45, 2.75) is 25.9 Å². The summed E-state index contributed by atoms with van der Waals surface area (Å²) in [6, 6.07) is 0. The molecule has 0 radical (unpaired) electrons. The van der Waals surface area contributed by atoms with Gasteiger partial charge in [0.05, 0.1) is 6.10 Å². The lowest BCUT2D eigenvalue weighted by Gasteiger charge is -2.07. The molecule has 0 aromatic rings. The summed E-state index contributed by atoms with van der Waals surface area (Å²) in [4.78, 5) is 0. The summed E-state index contributed by atoms with van der Waals surface area (Å²) in [6.07, 6.45) is 1.85. The molecule has 0 aliphatic heterocycles. The molecule has 1 unspecified atom stereocenters. The molecule has 1 N–H and O–H groups in total. The molecule has 9 heavy (non-hydrogen) atoms. The van der Waals surface area contributed by atoms with Crippen LogP contribution in [0.15, 0.2) is 0 Å². The first kappa shape index (κ1) is 9.65. The fraction of sp³-hybridized carbons (Fsp3) is 1.00. The first-order valence-corrected chi connectivity index (χ1v) is 4.14. The van der Waals surface area contributed by atoms with E-state index in [2.05, 4.69) is 26.0 Å². The molecule has 0 aromatic heterocycles. The third kappa shape index (κ3) is 8.65. The van der Waals surface area contributed by atoms with Crippen LogP contribution < -0.4 is 0 Å². The van der Waals surface area contributed by atoms with Crippen LogP contribution in [0.3, 0.4) is 0 Å². The Morgan fingerprint density at radius 1 is 1.67 bits per heavy atom. The Balaban J connectivity index is 2.91. The van der Waals surface area contributed by atoms with E-state index in [1.54, 1.807) is 0 Å². The highest BCUT2D eigenvalue weighted by molar-refractivity contribution is 14.1. The number of halogens is 1. The van der Waals surface area contributed by atoms with Crippen LogP contribution in [0.4, 0.5) is 0 Å². The highest BCUT2D eigenvalue weighted by atomic mass is 127. The van der Waals surface area contributed by atoms with Crippen LogP contribution >= 0.6 is 22.9 Å². The van der Waals surface area contributed by atoms with Gasteiger partial charge in [-0.15, -0.1) is 0 Å². The maximum Gasteiger partial charge on any atom is 0.0512 e. The van der Waals surface area contributed by atoms with E-state index in [1.807, 2.05) is 14.0 Å². The topological polar surface area (TPSA) is 23.5 Å². The molecule has 0 heterocycles. The number of aliphatic hydroxyl groups excluding tert-OH is 1. The minimum atomic E-state index is -0.138. The van der Waals surface area contributed by atoms with Gasteiger partial charge in [0, 0.05) is 29.4 Å². The SMILES string of the molecule is CC(O)CCCN(C)I. The highest BCUT2D eigenvalue weighted by Crippen LogP contribution is 2.00. The van der Waals surface area contributed by atoms with Crippen molar-refractivity contribution in [2.24, 2.45) is 0 Å². The zero-order valence-corrected chi connectivity index (χ0v) is 8.13. The van der Waals surface area contributed by atoms with Gasteiger partial charge in [-0.1, -0.05) is 0 Å². The lowest BCUT2D eigenvalue weighted by atomic mass is 10.2. The second-order valence-corrected chi connectivity index (χ2v) is 3.97. The van der Waals surface area contributed by atoms with Gasteiger partial charge in [0.15, 0.2) is 0 Å². The van der Waals surface area contributed by atoms with Gasteiger partial charge in [0.1, 0.15) is 0 Å². The lowest BCUT2D eigenvalue weighted by molar-refractivity contribution is 0.180. The van der Waals surface area contributed by atoms with Gasteiger partial charge in [-0.2, -0.15) is 0 Å². The van der Waals surface area contributed by atoms with Crippen molar-refractivity contribution in [1.29, 1.82) is 0 Å². The average Bonchev–Trinajstić information content (AvgIpc) is 1.63. The molecule has 0 aliphatic rings. The van der Waals surface area contributed by atoms with Gasteiger partial charge in [0.25, 0.3) is 0 Å². The van der Waals surface area contributed by atoms with Gasteiger partial charge in [-0.25, -0.2) is 0 Å². The molecule has 0 amide bonds. The minimum Gasteiger partial charge on any atom is -0.393 e. The van der Waals surface area contributed by atoms with Gasteiger partial charge < -0.3 is 5.11 Å². The molecule has 0 aromatic carbocycles. The van der Waals surface area contributed by atoms with Crippen molar-refractivity contribution in [2.75, 3.05) is 13.6 Å². The number of rotatable bonds is 4. The molecule has 0 fully saturated rings. The molecule has 0 spiro atoms. The molecular weight excluding hydrogens is 229 g/mol. The highest BCUT2D eigenvalue weighted by Gasteiger charge is 1.95. The summed E-state index contributed by atoms with van der Waals surface area (Å²) in [5.41, 5.74) is 0. The number of aliphatic hydroxyl groups is 1. The monoisotopic (exact) mass is 243 g/mol. The van der Waals surface area contributed by atoms with Crippen LogP contribution in [0.2, 0.25) is 0 Å². The summed E-state index contributed by atoms with van der Waals surface area (Å²) in [5.74, 6) is 0. The average molecular weight is 243 g/mol. The lowest BCUT2D eigenvalue weighted by Crippen LogP contribution is -2.08. The van der Waals surface area contributed by atoms with E-state index in [4.69, 9.17) is 5.11 Å². The predicted octanol–water partition coefficient (Wildman–Crippen LogP) is 1.43. The van der Waals surface area contributed by atoms with Gasteiger partial charge in [-0.05, 0) is 26.8 Å². The maximum absolute atomic E-state index is 8.84. The van der Waals surface area contributed by atoms with Crippen LogP contribution in [0.25, 0.3) is 0 Å². The molecule has 0 bridgehead atoms. The smallest absolute Gasteiger partial charge is 0.0512 e. The minimum absolute atomic E-state index is 0.138. The summed E-state index contributed by atoms with van der Waals surface area (Å²) in [5, 5.41) is 8.84. The van der Waals surface area contributed by atoms with Crippen LogP contribution in [0.5, 0.6) is 0 Å². The van der Waals surface area contributed by atoms with Crippen LogP contribution in [-0.2, 0) is 0 Å². The third-order valence-electron chi connectivity index (χ3n) is 1.09. The Morgan fingerprint density at radius 3 is 2.56 bits per heavy atom. The fourth-order valence-corrected chi connectivity index (χ4v) is 0.946. The van der Waals surface area contributed by atoms with Crippen LogP contribution in [0, 0.1) is 0 Å². The Bertz CT molecular complexity index is 58.1. The summed E-state index contributed by atoms with van der Waals surface area (Å²) >= 11 is 2.24. The molecule has 1 atom stereocenters. The molecule has 0 saturated heterocycles. The first-order chi connectivity index (χ1) is 4.13. The third-order valence-corrected chi connectivity index (χ3v) is 1.57. The number of nitrogens with zero attached hydrogens (tertiary/aromatic N) is 1. The Morgan fingerprint density at radius 2 is 2.22 bits per heavy atom. The van der Waals surface area contributed by atoms with Crippen molar-refractivity contribution in [1.82, 2.24) is 3.11 Å². The zero-order valence-electron chi connectivity index (χ0n) is 5.97. The van der Waals surface area contributed by atoms with Gasteiger partial charge >= 0.3 is 0 Å². The van der Waals surface area contributed by atoms with Crippen molar-refractivity contribution in [3.05, 3.63) is 0 Å². The van der Waals surface area contributed by atoms with E-state index >= 15 is 0 Å². The van der Waals surface area contributed by atoms with Crippen molar-refractivity contribution < 1.29 is 5.11 Å². The second-order valence-electron chi connectivity index (χ2n) is 2.32. The summed E-state index contributed by atoms with van der Waals surface area (Å²) < 4.78 is 2.10. The maximum atomic E-state index is 8.84. The van der Waals surface area contributed by atoms with E-state index in [0.29, 0.717) is 0 Å². The normalized spacial score (nSPS) is 14.3. The van der Waals surface area contributed by atoms with Gasteiger partial charge in [0.2, 0.25) is 0 Å². The van der Waals surface area contributed by atoms with Gasteiger partial charge in [-0.3, -0.25) is 3.11 Å². The molecule has 0 rings (SSSR count). The number of hydrogen-bond donors (Lipinski definition) is 1. The molecule has 0 aliphatic carbocycles. The van der Waals surface area contributed by atoms with Crippen molar-refractivity contribution >= 4 is 22.9 Å².